The first-order valence-corrected chi connectivity index (χ1v) is 6.47. The number of amides is 2. The van der Waals surface area contributed by atoms with Crippen LogP contribution >= 0.6 is 11.6 Å². The maximum absolute atomic E-state index is 12.0. The van der Waals surface area contributed by atoms with Gasteiger partial charge in [-0.05, 0) is 24.6 Å². The van der Waals surface area contributed by atoms with Crippen LogP contribution in [0.4, 0.5) is 10.5 Å². The van der Waals surface area contributed by atoms with E-state index in [1.165, 1.54) is 12.0 Å². The number of rotatable bonds is 6. The van der Waals surface area contributed by atoms with Crippen molar-refractivity contribution in [1.82, 2.24) is 4.90 Å². The van der Waals surface area contributed by atoms with Crippen molar-refractivity contribution in [3.05, 3.63) is 23.2 Å². The Hall–Kier alpha value is -1.95. The quantitative estimate of drug-likeness (QED) is 0.846. The Morgan fingerprint density at radius 2 is 2.15 bits per heavy atom. The fraction of sp³-hybridized carbons (Fsp3) is 0.385. The van der Waals surface area contributed by atoms with Crippen LogP contribution in [0.15, 0.2) is 18.2 Å². The molecule has 7 heteroatoms. The monoisotopic (exact) mass is 300 g/mol. The second-order valence-corrected chi connectivity index (χ2v) is 4.50. The Morgan fingerprint density at radius 3 is 2.65 bits per heavy atom. The van der Waals surface area contributed by atoms with Gasteiger partial charge in [-0.25, -0.2) is 4.79 Å². The first kappa shape index (κ1) is 16.1. The lowest BCUT2D eigenvalue weighted by Gasteiger charge is -2.20. The molecule has 0 unspecified atom stereocenters. The average Bonchev–Trinajstić information content (AvgIpc) is 2.38. The molecule has 0 aliphatic rings. The van der Waals surface area contributed by atoms with E-state index >= 15 is 0 Å². The van der Waals surface area contributed by atoms with Crippen LogP contribution in [0.5, 0.6) is 5.75 Å². The molecule has 0 atom stereocenters. The molecule has 0 heterocycles. The van der Waals surface area contributed by atoms with Gasteiger partial charge in [-0.2, -0.15) is 0 Å². The lowest BCUT2D eigenvalue weighted by atomic mass is 10.3. The van der Waals surface area contributed by atoms with Crippen molar-refractivity contribution in [2.75, 3.05) is 25.5 Å². The molecular weight excluding hydrogens is 284 g/mol. The van der Waals surface area contributed by atoms with E-state index in [2.05, 4.69) is 5.32 Å². The molecule has 0 aromatic heterocycles. The van der Waals surface area contributed by atoms with Gasteiger partial charge in [0.25, 0.3) is 0 Å². The molecule has 1 aromatic carbocycles. The molecule has 20 heavy (non-hydrogen) atoms. The van der Waals surface area contributed by atoms with Crippen molar-refractivity contribution < 1.29 is 19.4 Å². The number of aliphatic carboxylic acids is 1. The summed E-state index contributed by atoms with van der Waals surface area (Å²) < 4.78 is 5.01. The van der Waals surface area contributed by atoms with E-state index in [1.54, 1.807) is 18.2 Å². The number of halogens is 1. The lowest BCUT2D eigenvalue weighted by Crippen LogP contribution is -2.39. The number of carbonyl (C=O) groups is 2. The first-order chi connectivity index (χ1) is 9.47. The van der Waals surface area contributed by atoms with Gasteiger partial charge in [0.1, 0.15) is 12.3 Å². The van der Waals surface area contributed by atoms with Crippen LogP contribution in [0, 0.1) is 0 Å². The Bertz CT molecular complexity index is 493. The highest BCUT2D eigenvalue weighted by atomic mass is 35.5. The van der Waals surface area contributed by atoms with E-state index in [9.17, 15) is 9.59 Å². The molecule has 0 spiro atoms. The van der Waals surface area contributed by atoms with Gasteiger partial charge < -0.3 is 20.1 Å². The van der Waals surface area contributed by atoms with Gasteiger partial charge in [-0.1, -0.05) is 18.5 Å². The summed E-state index contributed by atoms with van der Waals surface area (Å²) in [5.74, 6) is -0.554. The number of carbonyl (C=O) groups excluding carboxylic acids is 1. The number of methoxy groups -OCH3 is 1. The van der Waals surface area contributed by atoms with Gasteiger partial charge in [-0.15, -0.1) is 0 Å². The van der Waals surface area contributed by atoms with E-state index in [1.807, 2.05) is 6.92 Å². The maximum Gasteiger partial charge on any atom is 0.323 e. The third-order valence-corrected chi connectivity index (χ3v) is 2.81. The van der Waals surface area contributed by atoms with Crippen LogP contribution in [0.3, 0.4) is 0 Å². The molecule has 0 bridgehead atoms. The number of hydrogen-bond acceptors (Lipinski definition) is 3. The molecule has 1 rings (SSSR count). The number of urea groups is 1. The van der Waals surface area contributed by atoms with Crippen molar-refractivity contribution in [3.8, 4) is 5.75 Å². The van der Waals surface area contributed by atoms with Crippen molar-refractivity contribution >= 4 is 29.3 Å². The minimum Gasteiger partial charge on any atom is -0.495 e. The first-order valence-electron chi connectivity index (χ1n) is 6.09. The van der Waals surface area contributed by atoms with E-state index in [-0.39, 0.29) is 6.54 Å². The number of hydrogen-bond donors (Lipinski definition) is 2. The topological polar surface area (TPSA) is 78.9 Å². The van der Waals surface area contributed by atoms with Gasteiger partial charge in [0.05, 0.1) is 12.1 Å². The van der Waals surface area contributed by atoms with Crippen molar-refractivity contribution in [3.63, 3.8) is 0 Å². The van der Waals surface area contributed by atoms with E-state index in [0.29, 0.717) is 29.4 Å². The van der Waals surface area contributed by atoms with E-state index in [0.717, 1.165) is 0 Å². The zero-order valence-corrected chi connectivity index (χ0v) is 12.1. The largest absolute Gasteiger partial charge is 0.495 e. The molecule has 0 saturated heterocycles. The SMILES string of the molecule is CCCN(CC(=O)O)C(=O)Nc1ccc(OC)c(Cl)c1. The normalized spacial score (nSPS) is 9.95. The molecule has 110 valence electrons. The molecule has 0 radical (unpaired) electrons. The number of carboxylic acids is 1. The number of carboxylic acid groups (broad SMARTS) is 1. The summed E-state index contributed by atoms with van der Waals surface area (Å²) in [5.41, 5.74) is 0.479. The van der Waals surface area contributed by atoms with Crippen LogP contribution in [-0.2, 0) is 4.79 Å². The summed E-state index contributed by atoms with van der Waals surface area (Å²) >= 11 is 5.95. The number of nitrogens with zero attached hydrogens (tertiary/aromatic N) is 1. The van der Waals surface area contributed by atoms with Crippen LogP contribution in [0.2, 0.25) is 5.02 Å². The Morgan fingerprint density at radius 1 is 1.45 bits per heavy atom. The zero-order chi connectivity index (χ0) is 15.1. The highest BCUT2D eigenvalue weighted by Crippen LogP contribution is 2.27. The highest BCUT2D eigenvalue weighted by molar-refractivity contribution is 6.32. The van der Waals surface area contributed by atoms with Gasteiger partial charge in [0.2, 0.25) is 0 Å². The Balaban J connectivity index is 2.76. The van der Waals surface area contributed by atoms with Crippen LogP contribution < -0.4 is 10.1 Å². The molecule has 6 nitrogen and oxygen atoms in total. The third-order valence-electron chi connectivity index (χ3n) is 2.51. The predicted molar refractivity (Wildman–Crippen MR) is 76.5 cm³/mol. The average molecular weight is 301 g/mol. The van der Waals surface area contributed by atoms with Gasteiger partial charge in [0, 0.05) is 12.2 Å². The molecule has 0 saturated carbocycles. The Labute approximate surface area is 122 Å². The lowest BCUT2D eigenvalue weighted by molar-refractivity contribution is -0.137. The molecule has 2 N–H and O–H groups in total. The number of nitrogens with one attached hydrogen (secondary N) is 1. The van der Waals surface area contributed by atoms with Gasteiger partial charge in [0.15, 0.2) is 0 Å². The summed E-state index contributed by atoms with van der Waals surface area (Å²) in [7, 11) is 1.50. The molecule has 2 amide bonds. The molecule has 0 aliphatic heterocycles. The smallest absolute Gasteiger partial charge is 0.323 e. The van der Waals surface area contributed by atoms with Crippen LogP contribution in [0.25, 0.3) is 0 Å². The zero-order valence-electron chi connectivity index (χ0n) is 11.4. The molecule has 1 aromatic rings. The van der Waals surface area contributed by atoms with Crippen molar-refractivity contribution in [2.24, 2.45) is 0 Å². The van der Waals surface area contributed by atoms with E-state index in [4.69, 9.17) is 21.4 Å². The Kier molecular flexibility index (Phi) is 6.11. The minimum absolute atomic E-state index is 0.344. The van der Waals surface area contributed by atoms with Crippen LogP contribution in [-0.4, -0.2) is 42.2 Å². The summed E-state index contributed by atoms with van der Waals surface area (Å²) in [4.78, 5) is 23.9. The standard InChI is InChI=1S/C13H17ClN2O4/c1-3-6-16(8-12(17)18)13(19)15-9-4-5-11(20-2)10(14)7-9/h4-5,7H,3,6,8H2,1-2H3,(H,15,19)(H,17,18). The van der Waals surface area contributed by atoms with Crippen molar-refractivity contribution in [2.45, 2.75) is 13.3 Å². The number of anilines is 1. The fourth-order valence-corrected chi connectivity index (χ4v) is 1.89. The highest BCUT2D eigenvalue weighted by Gasteiger charge is 2.16. The second-order valence-electron chi connectivity index (χ2n) is 4.09. The number of ether oxygens (including phenoxy) is 1. The predicted octanol–water partition coefficient (Wildman–Crippen LogP) is 2.68. The summed E-state index contributed by atoms with van der Waals surface area (Å²) in [6, 6.07) is 4.33. The minimum atomic E-state index is -1.05. The molecular formula is C13H17ClN2O4. The number of benzene rings is 1. The fourth-order valence-electron chi connectivity index (χ4n) is 1.63. The second kappa shape index (κ2) is 7.59. The van der Waals surface area contributed by atoms with E-state index < -0.39 is 12.0 Å². The third kappa shape index (κ3) is 4.62. The summed E-state index contributed by atoms with van der Waals surface area (Å²) in [6.07, 6.45) is 0.671. The molecule has 0 aliphatic carbocycles. The van der Waals surface area contributed by atoms with Gasteiger partial charge >= 0.3 is 12.0 Å². The van der Waals surface area contributed by atoms with Crippen LogP contribution in [0.1, 0.15) is 13.3 Å². The summed E-state index contributed by atoms with van der Waals surface area (Å²) in [5, 5.41) is 11.8. The van der Waals surface area contributed by atoms with Crippen molar-refractivity contribution in [1.29, 1.82) is 0 Å². The van der Waals surface area contributed by atoms with Gasteiger partial charge in [-0.3, -0.25) is 4.79 Å². The summed E-state index contributed by atoms with van der Waals surface area (Å²) in [6.45, 7) is 1.89. The molecule has 0 fully saturated rings. The maximum atomic E-state index is 12.0.